The molecule has 0 aliphatic carbocycles. The Labute approximate surface area is 251 Å². The quantitative estimate of drug-likeness (QED) is 0.0921. The van der Waals surface area contributed by atoms with Crippen LogP contribution in [0.2, 0.25) is 0 Å². The molecule has 2 nitrogen and oxygen atoms in total. The van der Waals surface area contributed by atoms with E-state index >= 15 is 4.39 Å². The fraction of sp³-hybridized carbons (Fsp3) is 0.212. The number of unbranched alkanes of at least 4 members (excludes halogenated alkanes) is 1. The van der Waals surface area contributed by atoms with Crippen molar-refractivity contribution in [2.24, 2.45) is 0 Å². The van der Waals surface area contributed by atoms with E-state index in [0.717, 1.165) is 18.2 Å². The first-order valence-electron chi connectivity index (χ1n) is 13.6. The maximum Gasteiger partial charge on any atom is 0.573 e. The molecule has 0 aliphatic rings. The molecule has 4 aromatic rings. The van der Waals surface area contributed by atoms with Gasteiger partial charge in [-0.25, -0.2) is 22.0 Å². The van der Waals surface area contributed by atoms with E-state index in [4.69, 9.17) is 0 Å². The standard InChI is InChI=1S/C33H24F10O2/c1-2-44-32(40)30(39)20-9-7-19(8-10-20)21-11-12-23(25(34)15-21)22-16-26(35)24(27(36)17-22)6-4-3-5-18-13-28(37)31(29(38)14-18)45-33(41,42)43/h7-17H,2-6H2,1H3/b32-30-. The van der Waals surface area contributed by atoms with Gasteiger partial charge in [-0.2, -0.15) is 8.78 Å². The first-order valence-corrected chi connectivity index (χ1v) is 13.6. The van der Waals surface area contributed by atoms with E-state index in [1.807, 2.05) is 0 Å². The average molecular weight is 643 g/mol. The second-order valence-corrected chi connectivity index (χ2v) is 9.85. The molecule has 0 amide bonds. The minimum atomic E-state index is -5.27. The predicted octanol–water partition coefficient (Wildman–Crippen LogP) is 10.8. The predicted molar refractivity (Wildman–Crippen MR) is 148 cm³/mol. The van der Waals surface area contributed by atoms with Gasteiger partial charge < -0.3 is 9.47 Å². The van der Waals surface area contributed by atoms with Gasteiger partial charge in [0.1, 0.15) is 17.5 Å². The van der Waals surface area contributed by atoms with Gasteiger partial charge in [0.05, 0.1) is 6.61 Å². The highest BCUT2D eigenvalue weighted by Gasteiger charge is 2.34. The molecule has 0 saturated carbocycles. The van der Waals surface area contributed by atoms with Gasteiger partial charge in [0.2, 0.25) is 11.6 Å². The van der Waals surface area contributed by atoms with Crippen molar-refractivity contribution in [3.05, 3.63) is 119 Å². The lowest BCUT2D eigenvalue weighted by molar-refractivity contribution is -0.276. The van der Waals surface area contributed by atoms with Crippen molar-refractivity contribution in [1.29, 1.82) is 0 Å². The average Bonchev–Trinajstić information content (AvgIpc) is 2.97. The van der Waals surface area contributed by atoms with Crippen molar-refractivity contribution in [1.82, 2.24) is 0 Å². The van der Waals surface area contributed by atoms with Gasteiger partial charge in [0.25, 0.3) is 0 Å². The normalized spacial score (nSPS) is 12.2. The lowest BCUT2D eigenvalue weighted by Crippen LogP contribution is -2.19. The van der Waals surface area contributed by atoms with Gasteiger partial charge in [-0.15, -0.1) is 13.2 Å². The summed E-state index contributed by atoms with van der Waals surface area (Å²) in [6.07, 6.45) is -5.02. The summed E-state index contributed by atoms with van der Waals surface area (Å²) in [4.78, 5) is 0. The van der Waals surface area contributed by atoms with Gasteiger partial charge in [0, 0.05) is 16.7 Å². The third-order valence-electron chi connectivity index (χ3n) is 6.75. The van der Waals surface area contributed by atoms with Crippen molar-refractivity contribution >= 4 is 5.83 Å². The molecule has 0 radical (unpaired) electrons. The number of halogens is 10. The summed E-state index contributed by atoms with van der Waals surface area (Å²) in [5.74, 6) is -8.50. The van der Waals surface area contributed by atoms with Crippen LogP contribution in [-0.4, -0.2) is 13.0 Å². The number of aryl methyl sites for hydroxylation is 1. The highest BCUT2D eigenvalue weighted by molar-refractivity contribution is 5.73. The molecule has 0 heterocycles. The van der Waals surface area contributed by atoms with Crippen LogP contribution in [0.15, 0.2) is 72.7 Å². The van der Waals surface area contributed by atoms with Crippen molar-refractivity contribution in [3.63, 3.8) is 0 Å². The Morgan fingerprint density at radius 3 is 1.76 bits per heavy atom. The van der Waals surface area contributed by atoms with E-state index in [0.29, 0.717) is 23.3 Å². The summed E-state index contributed by atoms with van der Waals surface area (Å²) >= 11 is 0. The second kappa shape index (κ2) is 14.1. The molecule has 0 fully saturated rings. The lowest BCUT2D eigenvalue weighted by atomic mass is 9.96. The van der Waals surface area contributed by atoms with Crippen LogP contribution in [0.4, 0.5) is 43.9 Å². The molecule has 4 aromatic carbocycles. The Morgan fingerprint density at radius 2 is 1.20 bits per heavy atom. The number of ether oxygens (including phenoxy) is 2. The van der Waals surface area contributed by atoms with Crippen molar-refractivity contribution in [2.75, 3.05) is 6.61 Å². The Balaban J connectivity index is 1.42. The van der Waals surface area contributed by atoms with Gasteiger partial charge in [-0.1, -0.05) is 36.4 Å². The van der Waals surface area contributed by atoms with Crippen LogP contribution in [0, 0.1) is 29.1 Å². The summed E-state index contributed by atoms with van der Waals surface area (Å²) in [5, 5.41) is 0. The van der Waals surface area contributed by atoms with Gasteiger partial charge in [-0.3, -0.25) is 0 Å². The molecule has 0 bridgehead atoms. The summed E-state index contributed by atoms with van der Waals surface area (Å²) in [6.45, 7) is 1.44. The molecule has 0 aliphatic heterocycles. The van der Waals surface area contributed by atoms with Crippen LogP contribution in [0.5, 0.6) is 5.75 Å². The lowest BCUT2D eigenvalue weighted by Gasteiger charge is -2.12. The molecule has 238 valence electrons. The highest BCUT2D eigenvalue weighted by atomic mass is 19.4. The van der Waals surface area contributed by atoms with E-state index in [9.17, 15) is 39.5 Å². The summed E-state index contributed by atoms with van der Waals surface area (Å²) < 4.78 is 145. The molecule has 4 rings (SSSR count). The molecule has 0 N–H and O–H groups in total. The Bertz CT molecular complexity index is 1650. The van der Waals surface area contributed by atoms with E-state index in [-0.39, 0.29) is 60.1 Å². The molecular formula is C33H24F10O2. The number of hydrogen-bond acceptors (Lipinski definition) is 2. The minimum Gasteiger partial charge on any atom is -0.469 e. The third kappa shape index (κ3) is 8.37. The van der Waals surface area contributed by atoms with Crippen LogP contribution in [0.25, 0.3) is 28.1 Å². The van der Waals surface area contributed by atoms with Crippen molar-refractivity contribution < 1.29 is 53.4 Å². The monoisotopic (exact) mass is 642 g/mol. The SMILES string of the molecule is CCO/C(F)=C(\F)c1ccc(-c2ccc(-c3cc(F)c(CCCCc4cc(F)c(OC(F)(F)F)c(F)c4)c(F)c3)c(F)c2)cc1. The van der Waals surface area contributed by atoms with E-state index in [2.05, 4.69) is 9.47 Å². The van der Waals surface area contributed by atoms with Crippen LogP contribution in [-0.2, 0) is 17.6 Å². The molecule has 0 spiro atoms. The van der Waals surface area contributed by atoms with E-state index in [1.54, 1.807) is 0 Å². The van der Waals surface area contributed by atoms with Crippen molar-refractivity contribution in [3.8, 4) is 28.0 Å². The Morgan fingerprint density at radius 1 is 0.644 bits per heavy atom. The van der Waals surface area contributed by atoms with Crippen LogP contribution < -0.4 is 4.74 Å². The van der Waals surface area contributed by atoms with E-state index in [1.165, 1.54) is 43.3 Å². The van der Waals surface area contributed by atoms with Gasteiger partial charge >= 0.3 is 12.4 Å². The number of alkyl halides is 3. The first-order chi connectivity index (χ1) is 21.3. The third-order valence-corrected chi connectivity index (χ3v) is 6.75. The zero-order valence-electron chi connectivity index (χ0n) is 23.5. The van der Waals surface area contributed by atoms with Gasteiger partial charge in [-0.05, 0) is 85.2 Å². The fourth-order valence-corrected chi connectivity index (χ4v) is 4.64. The first kappa shape index (κ1) is 33.4. The molecule has 0 atom stereocenters. The molecule has 45 heavy (non-hydrogen) atoms. The highest BCUT2D eigenvalue weighted by Crippen LogP contribution is 2.33. The van der Waals surface area contributed by atoms with E-state index < -0.39 is 53.0 Å². The van der Waals surface area contributed by atoms with Crippen molar-refractivity contribution in [2.45, 2.75) is 39.0 Å². The summed E-state index contributed by atoms with van der Waals surface area (Å²) in [6, 6.07) is 11.4. The topological polar surface area (TPSA) is 18.5 Å². The number of rotatable bonds is 11. The maximum atomic E-state index is 15.1. The molecule has 0 aromatic heterocycles. The largest absolute Gasteiger partial charge is 0.573 e. The maximum absolute atomic E-state index is 15.1. The van der Waals surface area contributed by atoms with Crippen LogP contribution in [0.1, 0.15) is 36.5 Å². The second-order valence-electron chi connectivity index (χ2n) is 9.85. The fourth-order valence-electron chi connectivity index (χ4n) is 4.64. The zero-order valence-corrected chi connectivity index (χ0v) is 23.5. The van der Waals surface area contributed by atoms with Gasteiger partial charge in [0.15, 0.2) is 11.6 Å². The zero-order chi connectivity index (χ0) is 32.9. The number of hydrogen-bond donors (Lipinski definition) is 0. The van der Waals surface area contributed by atoms with Crippen LogP contribution >= 0.6 is 0 Å². The minimum absolute atomic E-state index is 0.0115. The Hall–Kier alpha value is -4.48. The molecular weight excluding hydrogens is 618 g/mol. The number of benzene rings is 4. The molecule has 0 saturated heterocycles. The summed E-state index contributed by atoms with van der Waals surface area (Å²) in [7, 11) is 0. The molecule has 12 heteroatoms. The Kier molecular flexibility index (Phi) is 10.5. The summed E-state index contributed by atoms with van der Waals surface area (Å²) in [5.41, 5.74) is 0.349. The van der Waals surface area contributed by atoms with Crippen LogP contribution in [0.3, 0.4) is 0 Å². The molecule has 0 unspecified atom stereocenters. The smallest absolute Gasteiger partial charge is 0.469 e.